The number of amides is 1. The summed E-state index contributed by atoms with van der Waals surface area (Å²) in [7, 11) is 1.73. The lowest BCUT2D eigenvalue weighted by Crippen LogP contribution is -2.42. The van der Waals surface area contributed by atoms with Crippen LogP contribution in [0.3, 0.4) is 0 Å². The Bertz CT molecular complexity index is 630. The number of carbonyl (C=O) groups excluding carboxylic acids is 1. The molecule has 23 heavy (non-hydrogen) atoms. The van der Waals surface area contributed by atoms with E-state index >= 15 is 0 Å². The van der Waals surface area contributed by atoms with Gasteiger partial charge in [-0.1, -0.05) is 13.0 Å². The number of nitrogens with one attached hydrogen (secondary N) is 1. The average molecular weight is 314 g/mol. The summed E-state index contributed by atoms with van der Waals surface area (Å²) in [5, 5.41) is 12.6. The van der Waals surface area contributed by atoms with E-state index in [1.807, 2.05) is 25.1 Å². The van der Waals surface area contributed by atoms with Gasteiger partial charge in [0.15, 0.2) is 0 Å². The third-order valence-corrected chi connectivity index (χ3v) is 3.72. The number of anilines is 1. The van der Waals surface area contributed by atoms with Gasteiger partial charge in [0.05, 0.1) is 30.5 Å². The van der Waals surface area contributed by atoms with Gasteiger partial charge in [-0.2, -0.15) is 0 Å². The van der Waals surface area contributed by atoms with Crippen LogP contribution in [-0.4, -0.2) is 45.6 Å². The second kappa shape index (κ2) is 8.24. The molecule has 2 heterocycles. The molecule has 0 bridgehead atoms. The molecule has 0 unspecified atom stereocenters. The standard InChI is InChI=1S/C17H22N4O2/c1-3-14(12-22)21(11-13-7-4-5-9-19-13)17(23)15-8-6-10-20-16(15)18-2/h4-10,14,22H,3,11-12H2,1-2H3,(H,18,20)/t14-/m0/s1. The Balaban J connectivity index is 2.34. The maximum absolute atomic E-state index is 13.0. The fraction of sp³-hybridized carbons (Fsp3) is 0.353. The first-order valence-electron chi connectivity index (χ1n) is 7.65. The third-order valence-electron chi connectivity index (χ3n) is 3.72. The van der Waals surface area contributed by atoms with Crippen LogP contribution < -0.4 is 5.32 Å². The topological polar surface area (TPSA) is 78.3 Å². The van der Waals surface area contributed by atoms with Crippen LogP contribution in [0.5, 0.6) is 0 Å². The van der Waals surface area contributed by atoms with Crippen molar-refractivity contribution in [1.82, 2.24) is 14.9 Å². The Morgan fingerprint density at radius 2 is 2.04 bits per heavy atom. The van der Waals surface area contributed by atoms with Crippen LogP contribution in [0, 0.1) is 0 Å². The van der Waals surface area contributed by atoms with Gasteiger partial charge in [0, 0.05) is 19.4 Å². The first-order chi connectivity index (χ1) is 11.2. The smallest absolute Gasteiger partial charge is 0.258 e. The van der Waals surface area contributed by atoms with Crippen LogP contribution in [-0.2, 0) is 6.54 Å². The summed E-state index contributed by atoms with van der Waals surface area (Å²) in [6.07, 6.45) is 3.99. The first kappa shape index (κ1) is 16.9. The van der Waals surface area contributed by atoms with E-state index < -0.39 is 0 Å². The molecule has 6 heteroatoms. The van der Waals surface area contributed by atoms with Gasteiger partial charge in [0.2, 0.25) is 0 Å². The van der Waals surface area contributed by atoms with Crippen molar-refractivity contribution in [2.45, 2.75) is 25.9 Å². The third kappa shape index (κ3) is 4.04. The highest BCUT2D eigenvalue weighted by atomic mass is 16.3. The Kier molecular flexibility index (Phi) is 6.05. The van der Waals surface area contributed by atoms with Crippen molar-refractivity contribution in [2.75, 3.05) is 19.0 Å². The summed E-state index contributed by atoms with van der Waals surface area (Å²) >= 11 is 0. The normalized spacial score (nSPS) is 11.8. The van der Waals surface area contributed by atoms with Gasteiger partial charge in [-0.15, -0.1) is 0 Å². The number of rotatable bonds is 7. The summed E-state index contributed by atoms with van der Waals surface area (Å²) in [5.41, 5.74) is 1.26. The molecular formula is C17H22N4O2. The fourth-order valence-electron chi connectivity index (χ4n) is 2.41. The highest BCUT2D eigenvalue weighted by Crippen LogP contribution is 2.18. The molecule has 0 radical (unpaired) electrons. The second-order valence-corrected chi connectivity index (χ2v) is 5.15. The molecule has 122 valence electrons. The zero-order valence-electron chi connectivity index (χ0n) is 13.4. The van der Waals surface area contributed by atoms with Crippen LogP contribution in [0.25, 0.3) is 0 Å². The van der Waals surface area contributed by atoms with Crippen molar-refractivity contribution in [3.8, 4) is 0 Å². The van der Waals surface area contributed by atoms with Crippen LogP contribution in [0.1, 0.15) is 29.4 Å². The van der Waals surface area contributed by atoms with E-state index in [1.54, 1.807) is 36.5 Å². The van der Waals surface area contributed by atoms with Crippen molar-refractivity contribution in [1.29, 1.82) is 0 Å². The van der Waals surface area contributed by atoms with E-state index in [1.165, 1.54) is 0 Å². The van der Waals surface area contributed by atoms with E-state index in [0.29, 0.717) is 24.3 Å². The quantitative estimate of drug-likeness (QED) is 0.816. The Labute approximate surface area is 136 Å². The summed E-state index contributed by atoms with van der Waals surface area (Å²) in [6.45, 7) is 2.20. The second-order valence-electron chi connectivity index (χ2n) is 5.15. The number of hydrogen-bond acceptors (Lipinski definition) is 5. The molecule has 0 spiro atoms. The summed E-state index contributed by atoms with van der Waals surface area (Å²) in [6, 6.07) is 8.78. The molecule has 0 saturated heterocycles. The minimum atomic E-state index is -0.269. The summed E-state index contributed by atoms with van der Waals surface area (Å²) in [5.74, 6) is 0.352. The molecule has 2 aromatic rings. The maximum Gasteiger partial charge on any atom is 0.258 e. The zero-order chi connectivity index (χ0) is 16.7. The number of aliphatic hydroxyl groups is 1. The lowest BCUT2D eigenvalue weighted by Gasteiger charge is -2.30. The Morgan fingerprint density at radius 3 is 2.65 bits per heavy atom. The van der Waals surface area contributed by atoms with Crippen LogP contribution >= 0.6 is 0 Å². The molecule has 0 saturated carbocycles. The minimum Gasteiger partial charge on any atom is -0.394 e. The molecule has 0 fully saturated rings. The maximum atomic E-state index is 13.0. The van der Waals surface area contributed by atoms with E-state index in [9.17, 15) is 9.90 Å². The molecule has 0 aromatic carbocycles. The lowest BCUT2D eigenvalue weighted by atomic mass is 10.1. The van der Waals surface area contributed by atoms with E-state index in [2.05, 4.69) is 15.3 Å². The van der Waals surface area contributed by atoms with Crippen LogP contribution in [0.4, 0.5) is 5.82 Å². The highest BCUT2D eigenvalue weighted by molar-refractivity contribution is 5.98. The molecule has 6 nitrogen and oxygen atoms in total. The molecule has 2 rings (SSSR count). The van der Waals surface area contributed by atoms with Crippen molar-refractivity contribution >= 4 is 11.7 Å². The number of aliphatic hydroxyl groups excluding tert-OH is 1. The molecule has 2 N–H and O–H groups in total. The summed E-state index contributed by atoms with van der Waals surface area (Å²) < 4.78 is 0. The van der Waals surface area contributed by atoms with Gasteiger partial charge < -0.3 is 15.3 Å². The van der Waals surface area contributed by atoms with Crippen molar-refractivity contribution < 1.29 is 9.90 Å². The van der Waals surface area contributed by atoms with Crippen molar-refractivity contribution in [3.63, 3.8) is 0 Å². The van der Waals surface area contributed by atoms with Gasteiger partial charge in [-0.25, -0.2) is 4.98 Å². The van der Waals surface area contributed by atoms with E-state index in [-0.39, 0.29) is 18.6 Å². The van der Waals surface area contributed by atoms with Gasteiger partial charge in [-0.05, 0) is 30.7 Å². The number of pyridine rings is 2. The molecule has 0 aliphatic carbocycles. The van der Waals surface area contributed by atoms with Gasteiger partial charge in [-0.3, -0.25) is 9.78 Å². The predicted octanol–water partition coefficient (Wildman–Crippen LogP) is 1.93. The zero-order valence-corrected chi connectivity index (χ0v) is 13.4. The first-order valence-corrected chi connectivity index (χ1v) is 7.65. The highest BCUT2D eigenvalue weighted by Gasteiger charge is 2.25. The van der Waals surface area contributed by atoms with Crippen LogP contribution in [0.15, 0.2) is 42.7 Å². The minimum absolute atomic E-state index is 0.0930. The Morgan fingerprint density at radius 1 is 1.26 bits per heavy atom. The molecule has 2 aromatic heterocycles. The van der Waals surface area contributed by atoms with Gasteiger partial charge in [0.1, 0.15) is 5.82 Å². The average Bonchev–Trinajstić information content (AvgIpc) is 2.62. The van der Waals surface area contributed by atoms with E-state index in [0.717, 1.165) is 5.69 Å². The monoisotopic (exact) mass is 314 g/mol. The number of nitrogens with zero attached hydrogens (tertiary/aromatic N) is 3. The van der Waals surface area contributed by atoms with Crippen molar-refractivity contribution in [3.05, 3.63) is 54.0 Å². The Hall–Kier alpha value is -2.47. The molecule has 1 amide bonds. The number of hydrogen-bond donors (Lipinski definition) is 2. The predicted molar refractivity (Wildman–Crippen MR) is 89.1 cm³/mol. The largest absolute Gasteiger partial charge is 0.394 e. The number of aromatic nitrogens is 2. The van der Waals surface area contributed by atoms with Gasteiger partial charge >= 0.3 is 0 Å². The molecular weight excluding hydrogens is 292 g/mol. The summed E-state index contributed by atoms with van der Waals surface area (Å²) in [4.78, 5) is 23.1. The van der Waals surface area contributed by atoms with E-state index in [4.69, 9.17) is 0 Å². The number of carbonyl (C=O) groups is 1. The SMILES string of the molecule is CC[C@@H](CO)N(Cc1ccccn1)C(=O)c1cccnc1NC. The van der Waals surface area contributed by atoms with Crippen LogP contribution in [0.2, 0.25) is 0 Å². The lowest BCUT2D eigenvalue weighted by molar-refractivity contribution is 0.0561. The molecule has 0 aliphatic rings. The molecule has 1 atom stereocenters. The molecule has 0 aliphatic heterocycles. The fourth-order valence-corrected chi connectivity index (χ4v) is 2.41. The van der Waals surface area contributed by atoms with Gasteiger partial charge in [0.25, 0.3) is 5.91 Å². The van der Waals surface area contributed by atoms with Crippen molar-refractivity contribution in [2.24, 2.45) is 0 Å².